The second-order valence-electron chi connectivity index (χ2n) is 3.99. The van der Waals surface area contributed by atoms with Gasteiger partial charge in [0, 0.05) is 26.1 Å². The molecule has 1 rings (SSSR count). The van der Waals surface area contributed by atoms with Crippen LogP contribution >= 0.6 is 0 Å². The van der Waals surface area contributed by atoms with Crippen molar-refractivity contribution in [3.05, 3.63) is 0 Å². The van der Waals surface area contributed by atoms with Gasteiger partial charge in [-0.1, -0.05) is 6.92 Å². The van der Waals surface area contributed by atoms with E-state index in [0.29, 0.717) is 13.1 Å². The molecule has 0 spiro atoms. The van der Waals surface area contributed by atoms with E-state index in [4.69, 9.17) is 10.2 Å². The van der Waals surface area contributed by atoms with Crippen LogP contribution in [0.3, 0.4) is 0 Å². The minimum Gasteiger partial charge on any atom is -0.480 e. The summed E-state index contributed by atoms with van der Waals surface area (Å²) in [5.41, 5.74) is 0. The van der Waals surface area contributed by atoms with Crippen molar-refractivity contribution in [2.75, 3.05) is 19.7 Å². The van der Waals surface area contributed by atoms with E-state index in [0.717, 1.165) is 0 Å². The molecule has 0 aliphatic carbocycles. The Morgan fingerprint density at radius 3 is 2.79 bits per heavy atom. The highest BCUT2D eigenvalue weighted by molar-refractivity contribution is 5.74. The Morgan fingerprint density at radius 2 is 2.29 bits per heavy atom. The van der Waals surface area contributed by atoms with Crippen molar-refractivity contribution in [3.8, 4) is 0 Å². The van der Waals surface area contributed by atoms with Gasteiger partial charge in [-0.3, -0.25) is 9.69 Å². The Labute approximate surface area is 83.0 Å². The lowest BCUT2D eigenvalue weighted by Crippen LogP contribution is -2.39. The summed E-state index contributed by atoms with van der Waals surface area (Å²) in [6.07, 6.45) is -0.269. The normalized spacial score (nSPS) is 30.5. The highest BCUT2D eigenvalue weighted by Crippen LogP contribution is 2.19. The molecular formula is C9H17NO4. The maximum absolute atomic E-state index is 10.8. The van der Waals surface area contributed by atoms with Crippen LogP contribution in [-0.2, 0) is 4.79 Å². The Kier molecular flexibility index (Phi) is 3.86. The SMILES string of the molecule is CC(CO)CN1CC(O)CC1C(=O)O. The number of carbonyl (C=O) groups is 1. The molecule has 3 N–H and O–H groups in total. The van der Waals surface area contributed by atoms with Crippen LogP contribution in [0.5, 0.6) is 0 Å². The van der Waals surface area contributed by atoms with Gasteiger partial charge < -0.3 is 15.3 Å². The molecule has 0 amide bonds. The summed E-state index contributed by atoms with van der Waals surface area (Å²) in [4.78, 5) is 12.5. The number of carboxylic acid groups (broad SMARTS) is 1. The van der Waals surface area contributed by atoms with Gasteiger partial charge in [0.05, 0.1) is 6.10 Å². The van der Waals surface area contributed by atoms with Gasteiger partial charge in [0.25, 0.3) is 0 Å². The molecule has 1 aliphatic rings. The second kappa shape index (κ2) is 4.72. The molecule has 5 heteroatoms. The number of aliphatic carboxylic acids is 1. The average Bonchev–Trinajstić information content (AvgIpc) is 2.46. The molecule has 82 valence electrons. The minimum atomic E-state index is -0.897. The Morgan fingerprint density at radius 1 is 1.64 bits per heavy atom. The van der Waals surface area contributed by atoms with E-state index >= 15 is 0 Å². The average molecular weight is 203 g/mol. The summed E-state index contributed by atoms with van der Waals surface area (Å²) in [7, 11) is 0. The summed E-state index contributed by atoms with van der Waals surface area (Å²) in [5.74, 6) is -0.853. The molecule has 0 aromatic rings. The van der Waals surface area contributed by atoms with E-state index in [2.05, 4.69) is 0 Å². The molecule has 1 fully saturated rings. The number of hydrogen-bond acceptors (Lipinski definition) is 4. The van der Waals surface area contributed by atoms with Crippen molar-refractivity contribution in [2.24, 2.45) is 5.92 Å². The van der Waals surface area contributed by atoms with Crippen LogP contribution in [0.1, 0.15) is 13.3 Å². The third kappa shape index (κ3) is 2.67. The van der Waals surface area contributed by atoms with E-state index in [9.17, 15) is 9.90 Å². The first kappa shape index (κ1) is 11.4. The molecule has 1 heterocycles. The van der Waals surface area contributed by atoms with Crippen molar-refractivity contribution in [1.82, 2.24) is 4.90 Å². The van der Waals surface area contributed by atoms with Gasteiger partial charge in [0.15, 0.2) is 0 Å². The first-order valence-electron chi connectivity index (χ1n) is 4.80. The summed E-state index contributed by atoms with van der Waals surface area (Å²) in [5, 5.41) is 27.1. The summed E-state index contributed by atoms with van der Waals surface area (Å²) in [6.45, 7) is 2.80. The molecule has 0 saturated carbocycles. The largest absolute Gasteiger partial charge is 0.480 e. The van der Waals surface area contributed by atoms with Gasteiger partial charge in [-0.25, -0.2) is 0 Å². The fourth-order valence-corrected chi connectivity index (χ4v) is 1.80. The van der Waals surface area contributed by atoms with Crippen LogP contribution in [-0.4, -0.2) is 58.0 Å². The summed E-state index contributed by atoms with van der Waals surface area (Å²) in [6, 6.07) is -0.598. The zero-order valence-electron chi connectivity index (χ0n) is 8.26. The number of carboxylic acids is 1. The van der Waals surface area contributed by atoms with Gasteiger partial charge in [0.2, 0.25) is 0 Å². The van der Waals surface area contributed by atoms with E-state index in [1.165, 1.54) is 0 Å². The van der Waals surface area contributed by atoms with Crippen LogP contribution in [0.4, 0.5) is 0 Å². The molecular weight excluding hydrogens is 186 g/mol. The number of aliphatic hydroxyl groups is 2. The van der Waals surface area contributed by atoms with Crippen LogP contribution in [0.15, 0.2) is 0 Å². The van der Waals surface area contributed by atoms with Crippen molar-refractivity contribution < 1.29 is 20.1 Å². The number of β-amino-alcohol motifs (C(OH)–C–C–N with tert-alkyl or cyclic N) is 1. The summed E-state index contributed by atoms with van der Waals surface area (Å²) >= 11 is 0. The van der Waals surface area contributed by atoms with Crippen LogP contribution in [0.25, 0.3) is 0 Å². The molecule has 0 bridgehead atoms. The van der Waals surface area contributed by atoms with Gasteiger partial charge in [-0.15, -0.1) is 0 Å². The Balaban J connectivity index is 2.53. The zero-order chi connectivity index (χ0) is 10.7. The van der Waals surface area contributed by atoms with Gasteiger partial charge >= 0.3 is 5.97 Å². The first-order valence-corrected chi connectivity index (χ1v) is 4.80. The first-order chi connectivity index (χ1) is 6.54. The molecule has 3 unspecified atom stereocenters. The van der Waals surface area contributed by atoms with Crippen molar-refractivity contribution in [1.29, 1.82) is 0 Å². The lowest BCUT2D eigenvalue weighted by molar-refractivity contribution is -0.142. The maximum Gasteiger partial charge on any atom is 0.321 e. The highest BCUT2D eigenvalue weighted by Gasteiger charge is 2.36. The summed E-state index contributed by atoms with van der Waals surface area (Å²) < 4.78 is 0. The minimum absolute atomic E-state index is 0.0406. The van der Waals surface area contributed by atoms with Gasteiger partial charge in [-0.2, -0.15) is 0 Å². The molecule has 0 aromatic heterocycles. The highest BCUT2D eigenvalue weighted by atomic mass is 16.4. The monoisotopic (exact) mass is 203 g/mol. The number of hydrogen-bond donors (Lipinski definition) is 3. The van der Waals surface area contributed by atoms with Crippen molar-refractivity contribution >= 4 is 5.97 Å². The topological polar surface area (TPSA) is 81.0 Å². The van der Waals surface area contributed by atoms with Crippen molar-refractivity contribution in [3.63, 3.8) is 0 Å². The lowest BCUT2D eigenvalue weighted by Gasteiger charge is -2.23. The molecule has 0 radical (unpaired) electrons. The third-order valence-corrected chi connectivity index (χ3v) is 2.52. The molecule has 0 aromatic carbocycles. The molecule has 1 aliphatic heterocycles. The van der Waals surface area contributed by atoms with E-state index in [-0.39, 0.29) is 18.9 Å². The molecule has 5 nitrogen and oxygen atoms in total. The quantitative estimate of drug-likeness (QED) is 0.553. The van der Waals surface area contributed by atoms with Gasteiger partial charge in [0.1, 0.15) is 6.04 Å². The molecule has 3 atom stereocenters. The fraction of sp³-hybridized carbons (Fsp3) is 0.889. The zero-order valence-corrected chi connectivity index (χ0v) is 8.26. The third-order valence-electron chi connectivity index (χ3n) is 2.52. The lowest BCUT2D eigenvalue weighted by atomic mass is 10.1. The maximum atomic E-state index is 10.8. The number of aliphatic hydroxyl groups excluding tert-OH is 2. The molecule has 14 heavy (non-hydrogen) atoms. The van der Waals surface area contributed by atoms with E-state index in [1.54, 1.807) is 4.90 Å². The van der Waals surface area contributed by atoms with Crippen LogP contribution < -0.4 is 0 Å². The predicted octanol–water partition coefficient (Wildman–Crippen LogP) is -0.865. The molecule has 1 saturated heterocycles. The number of likely N-dealkylation sites (tertiary alicyclic amines) is 1. The van der Waals surface area contributed by atoms with Gasteiger partial charge in [-0.05, 0) is 5.92 Å². The number of nitrogens with zero attached hydrogens (tertiary/aromatic N) is 1. The predicted molar refractivity (Wildman–Crippen MR) is 49.9 cm³/mol. The Hall–Kier alpha value is -0.650. The fourth-order valence-electron chi connectivity index (χ4n) is 1.80. The van der Waals surface area contributed by atoms with E-state index < -0.39 is 18.1 Å². The van der Waals surface area contributed by atoms with Crippen LogP contribution in [0, 0.1) is 5.92 Å². The second-order valence-corrected chi connectivity index (χ2v) is 3.99. The van der Waals surface area contributed by atoms with Crippen molar-refractivity contribution in [2.45, 2.75) is 25.5 Å². The number of rotatable bonds is 4. The van der Waals surface area contributed by atoms with Crippen LogP contribution in [0.2, 0.25) is 0 Å². The smallest absolute Gasteiger partial charge is 0.321 e. The standard InChI is InChI=1S/C9H17NO4/c1-6(5-11)3-10-4-7(12)2-8(10)9(13)14/h6-8,11-12H,2-5H2,1H3,(H,13,14). The Bertz CT molecular complexity index is 209. The van der Waals surface area contributed by atoms with E-state index in [1.807, 2.05) is 6.92 Å².